The minimum atomic E-state index is 0.505. The van der Waals surface area contributed by atoms with E-state index in [1.54, 1.807) is 7.11 Å². The zero-order valence-corrected chi connectivity index (χ0v) is 15.2. The van der Waals surface area contributed by atoms with E-state index in [-0.39, 0.29) is 0 Å². The minimum absolute atomic E-state index is 0.505. The van der Waals surface area contributed by atoms with Crippen molar-refractivity contribution in [1.29, 1.82) is 0 Å². The molecule has 0 atom stereocenters. The summed E-state index contributed by atoms with van der Waals surface area (Å²) >= 11 is 0. The van der Waals surface area contributed by atoms with Crippen LogP contribution in [0.15, 0.2) is 0 Å². The van der Waals surface area contributed by atoms with Crippen molar-refractivity contribution in [2.24, 2.45) is 0 Å². The molecule has 0 aromatic heterocycles. The lowest BCUT2D eigenvalue weighted by Crippen LogP contribution is -2.27. The second-order valence-corrected chi connectivity index (χ2v) is 4.55. The maximum absolute atomic E-state index is 5.41. The molecule has 0 fully saturated rings. The number of rotatable bonds is 16. The molecule has 136 valence electrons. The SMILES string of the molecule is CC.COCCOCCOCCOCCOCCNC(C)C. The first-order valence-corrected chi connectivity index (χ1v) is 8.30. The van der Waals surface area contributed by atoms with E-state index in [2.05, 4.69) is 19.2 Å². The van der Waals surface area contributed by atoms with Gasteiger partial charge in [0.1, 0.15) is 0 Å². The van der Waals surface area contributed by atoms with Gasteiger partial charge in [0.2, 0.25) is 0 Å². The third-order valence-electron chi connectivity index (χ3n) is 2.35. The van der Waals surface area contributed by atoms with Gasteiger partial charge in [-0.15, -0.1) is 0 Å². The van der Waals surface area contributed by atoms with E-state index < -0.39 is 0 Å². The topological polar surface area (TPSA) is 58.2 Å². The maximum atomic E-state index is 5.41. The minimum Gasteiger partial charge on any atom is -0.382 e. The molecule has 0 aromatic rings. The van der Waals surface area contributed by atoms with Gasteiger partial charge in [-0.3, -0.25) is 0 Å². The summed E-state index contributed by atoms with van der Waals surface area (Å²) in [5.41, 5.74) is 0. The van der Waals surface area contributed by atoms with Crippen molar-refractivity contribution in [1.82, 2.24) is 5.32 Å². The summed E-state index contributed by atoms with van der Waals surface area (Å²) in [4.78, 5) is 0. The maximum Gasteiger partial charge on any atom is 0.0701 e. The highest BCUT2D eigenvalue weighted by Crippen LogP contribution is 1.83. The summed E-state index contributed by atoms with van der Waals surface area (Å²) in [6.07, 6.45) is 0. The Labute approximate surface area is 136 Å². The zero-order chi connectivity index (χ0) is 16.9. The van der Waals surface area contributed by atoms with Crippen LogP contribution in [0.5, 0.6) is 0 Å². The summed E-state index contributed by atoms with van der Waals surface area (Å²) in [5.74, 6) is 0. The van der Waals surface area contributed by atoms with Crippen LogP contribution < -0.4 is 5.32 Å². The summed E-state index contributed by atoms with van der Waals surface area (Å²) in [6, 6.07) is 0.505. The molecule has 0 heterocycles. The van der Waals surface area contributed by atoms with Crippen LogP contribution in [0.2, 0.25) is 0 Å². The molecule has 0 rings (SSSR count). The van der Waals surface area contributed by atoms with Crippen LogP contribution in [0, 0.1) is 0 Å². The van der Waals surface area contributed by atoms with Gasteiger partial charge in [-0.25, -0.2) is 0 Å². The third kappa shape index (κ3) is 24.8. The first-order valence-electron chi connectivity index (χ1n) is 8.30. The Morgan fingerprint density at radius 3 is 1.36 bits per heavy atom. The molecule has 0 aliphatic carbocycles. The van der Waals surface area contributed by atoms with Crippen LogP contribution in [0.4, 0.5) is 0 Å². The molecular formula is C16H37NO5. The summed E-state index contributed by atoms with van der Waals surface area (Å²) in [5, 5.41) is 3.28. The first-order chi connectivity index (χ1) is 10.8. The van der Waals surface area contributed by atoms with E-state index in [1.807, 2.05) is 13.8 Å². The number of hydrogen-bond acceptors (Lipinski definition) is 6. The molecule has 0 aliphatic heterocycles. The highest BCUT2D eigenvalue weighted by atomic mass is 16.6. The summed E-state index contributed by atoms with van der Waals surface area (Å²) < 4.78 is 26.2. The average Bonchev–Trinajstić information content (AvgIpc) is 2.53. The number of nitrogens with one attached hydrogen (secondary N) is 1. The monoisotopic (exact) mass is 323 g/mol. The molecule has 0 bridgehead atoms. The standard InChI is InChI=1S/C14H31NO5.C2H6/c1-14(2)15-4-5-17-8-9-19-12-13-20-11-10-18-7-6-16-3;1-2/h14-15H,4-13H2,1-3H3;1-2H3. The summed E-state index contributed by atoms with van der Waals surface area (Å²) in [7, 11) is 1.65. The van der Waals surface area contributed by atoms with Crippen LogP contribution in [0.1, 0.15) is 27.7 Å². The molecule has 0 saturated heterocycles. The first kappa shape index (κ1) is 24.0. The lowest BCUT2D eigenvalue weighted by Gasteiger charge is -2.09. The molecule has 0 spiro atoms. The fourth-order valence-electron chi connectivity index (χ4n) is 1.32. The molecule has 0 aromatic carbocycles. The lowest BCUT2D eigenvalue weighted by molar-refractivity contribution is -0.00755. The molecule has 22 heavy (non-hydrogen) atoms. The molecule has 0 amide bonds. The molecule has 1 N–H and O–H groups in total. The highest BCUT2D eigenvalue weighted by Gasteiger charge is 1.94. The smallest absolute Gasteiger partial charge is 0.0701 e. The van der Waals surface area contributed by atoms with Crippen LogP contribution in [-0.2, 0) is 23.7 Å². The normalized spacial score (nSPS) is 10.6. The van der Waals surface area contributed by atoms with Crippen molar-refractivity contribution >= 4 is 0 Å². The predicted octanol–water partition coefficient (Wildman–Crippen LogP) is 1.72. The van der Waals surface area contributed by atoms with E-state index in [0.717, 1.165) is 13.2 Å². The number of methoxy groups -OCH3 is 1. The molecule has 0 saturated carbocycles. The Morgan fingerprint density at radius 1 is 0.636 bits per heavy atom. The lowest BCUT2D eigenvalue weighted by atomic mass is 10.4. The quantitative estimate of drug-likeness (QED) is 0.437. The fraction of sp³-hybridized carbons (Fsp3) is 1.00. The zero-order valence-electron chi connectivity index (χ0n) is 15.2. The van der Waals surface area contributed by atoms with Gasteiger partial charge in [-0.2, -0.15) is 0 Å². The van der Waals surface area contributed by atoms with Gasteiger partial charge in [-0.05, 0) is 0 Å². The van der Waals surface area contributed by atoms with Crippen molar-refractivity contribution in [3.63, 3.8) is 0 Å². The van der Waals surface area contributed by atoms with Gasteiger partial charge in [0.25, 0.3) is 0 Å². The molecule has 6 heteroatoms. The van der Waals surface area contributed by atoms with Crippen molar-refractivity contribution in [3.8, 4) is 0 Å². The highest BCUT2D eigenvalue weighted by molar-refractivity contribution is 4.50. The number of hydrogen-bond donors (Lipinski definition) is 1. The molecular weight excluding hydrogens is 286 g/mol. The van der Waals surface area contributed by atoms with Crippen LogP contribution >= 0.6 is 0 Å². The third-order valence-corrected chi connectivity index (χ3v) is 2.35. The van der Waals surface area contributed by atoms with Gasteiger partial charge >= 0.3 is 0 Å². The Hall–Kier alpha value is -0.240. The van der Waals surface area contributed by atoms with Crippen molar-refractivity contribution < 1.29 is 23.7 Å². The van der Waals surface area contributed by atoms with Crippen molar-refractivity contribution in [2.75, 3.05) is 73.1 Å². The largest absolute Gasteiger partial charge is 0.382 e. The van der Waals surface area contributed by atoms with E-state index in [0.29, 0.717) is 58.9 Å². The van der Waals surface area contributed by atoms with Gasteiger partial charge < -0.3 is 29.0 Å². The molecule has 0 unspecified atom stereocenters. The van der Waals surface area contributed by atoms with Crippen LogP contribution in [-0.4, -0.2) is 79.2 Å². The predicted molar refractivity (Wildman–Crippen MR) is 89.6 cm³/mol. The Morgan fingerprint density at radius 2 is 1.00 bits per heavy atom. The van der Waals surface area contributed by atoms with Crippen LogP contribution in [0.25, 0.3) is 0 Å². The van der Waals surface area contributed by atoms with Crippen molar-refractivity contribution in [2.45, 2.75) is 33.7 Å². The van der Waals surface area contributed by atoms with Gasteiger partial charge in [0.15, 0.2) is 0 Å². The Bertz CT molecular complexity index is 182. The Balaban J connectivity index is 0. The van der Waals surface area contributed by atoms with E-state index >= 15 is 0 Å². The summed E-state index contributed by atoms with van der Waals surface area (Å²) in [6.45, 7) is 14.6. The van der Waals surface area contributed by atoms with Crippen LogP contribution in [0.3, 0.4) is 0 Å². The van der Waals surface area contributed by atoms with Crippen molar-refractivity contribution in [3.05, 3.63) is 0 Å². The van der Waals surface area contributed by atoms with Gasteiger partial charge in [-0.1, -0.05) is 27.7 Å². The van der Waals surface area contributed by atoms with Gasteiger partial charge in [0.05, 0.1) is 59.5 Å². The van der Waals surface area contributed by atoms with E-state index in [4.69, 9.17) is 23.7 Å². The number of ether oxygens (including phenoxy) is 5. The molecule has 0 aliphatic rings. The van der Waals surface area contributed by atoms with Gasteiger partial charge in [0, 0.05) is 19.7 Å². The van der Waals surface area contributed by atoms with E-state index in [9.17, 15) is 0 Å². The Kier molecular flexibility index (Phi) is 25.1. The molecule has 0 radical (unpaired) electrons. The second-order valence-electron chi connectivity index (χ2n) is 4.55. The second kappa shape index (κ2) is 23.0. The average molecular weight is 323 g/mol. The molecule has 6 nitrogen and oxygen atoms in total. The fourth-order valence-corrected chi connectivity index (χ4v) is 1.32. The van der Waals surface area contributed by atoms with E-state index in [1.165, 1.54) is 0 Å².